The second-order valence-corrected chi connectivity index (χ2v) is 3.82. The van der Waals surface area contributed by atoms with E-state index >= 15 is 0 Å². The van der Waals surface area contributed by atoms with Gasteiger partial charge in [-0.15, -0.1) is 0 Å². The quantitative estimate of drug-likeness (QED) is 0.742. The summed E-state index contributed by atoms with van der Waals surface area (Å²) in [5.74, 6) is 0.738. The zero-order valence-corrected chi connectivity index (χ0v) is 11.3. The van der Waals surface area contributed by atoms with E-state index in [0.29, 0.717) is 18.7 Å². The summed E-state index contributed by atoms with van der Waals surface area (Å²) in [6, 6.07) is 3.53. The molecule has 5 heteroatoms. The van der Waals surface area contributed by atoms with Crippen LogP contribution in [0.25, 0.3) is 0 Å². The topological polar surface area (TPSA) is 54.5 Å². The lowest BCUT2D eigenvalue weighted by atomic mass is 10.2. The maximum atomic E-state index is 11.9. The van der Waals surface area contributed by atoms with E-state index in [1.807, 2.05) is 6.07 Å². The van der Waals surface area contributed by atoms with Gasteiger partial charge in [0.05, 0.1) is 6.61 Å². The van der Waals surface area contributed by atoms with Crippen molar-refractivity contribution in [1.29, 1.82) is 0 Å². The van der Waals surface area contributed by atoms with Crippen molar-refractivity contribution < 1.29 is 9.53 Å². The number of nitrogens with one attached hydrogen (secondary N) is 1. The maximum absolute atomic E-state index is 11.9. The molecule has 1 rings (SSSR count). The van der Waals surface area contributed by atoms with E-state index in [0.717, 1.165) is 18.9 Å². The number of hydrogen-bond donors (Lipinski definition) is 1. The molecule has 0 bridgehead atoms. The van der Waals surface area contributed by atoms with Crippen molar-refractivity contribution in [3.63, 3.8) is 0 Å². The number of amides is 1. The van der Waals surface area contributed by atoms with Crippen molar-refractivity contribution in [3.8, 4) is 0 Å². The molecule has 0 aliphatic rings. The minimum atomic E-state index is -0.0946. The molecule has 0 atom stereocenters. The summed E-state index contributed by atoms with van der Waals surface area (Å²) in [6.07, 6.45) is 1.67. The Balaban J connectivity index is 2.72. The molecule has 0 aliphatic heterocycles. The summed E-state index contributed by atoms with van der Waals surface area (Å²) >= 11 is 0. The Morgan fingerprint density at radius 1 is 1.44 bits per heavy atom. The van der Waals surface area contributed by atoms with E-state index in [9.17, 15) is 4.79 Å². The number of carbonyl (C=O) groups is 1. The predicted octanol–water partition coefficient (Wildman–Crippen LogP) is 1.30. The molecule has 0 unspecified atom stereocenters. The zero-order chi connectivity index (χ0) is 13.4. The lowest BCUT2D eigenvalue weighted by molar-refractivity contribution is 0.0937. The smallest absolute Gasteiger partial charge is 0.251 e. The molecule has 18 heavy (non-hydrogen) atoms. The Morgan fingerprint density at radius 3 is 2.78 bits per heavy atom. The van der Waals surface area contributed by atoms with E-state index in [-0.39, 0.29) is 5.91 Å². The summed E-state index contributed by atoms with van der Waals surface area (Å²) in [4.78, 5) is 18.2. The molecule has 0 aliphatic carbocycles. The molecular formula is C13H21N3O2. The summed E-state index contributed by atoms with van der Waals surface area (Å²) < 4.78 is 4.89. The van der Waals surface area contributed by atoms with Gasteiger partial charge in [0, 0.05) is 38.5 Å². The van der Waals surface area contributed by atoms with Crippen LogP contribution in [0.1, 0.15) is 24.2 Å². The maximum Gasteiger partial charge on any atom is 0.251 e. The van der Waals surface area contributed by atoms with Gasteiger partial charge in [-0.05, 0) is 26.0 Å². The monoisotopic (exact) mass is 251 g/mol. The van der Waals surface area contributed by atoms with Gasteiger partial charge in [0.25, 0.3) is 5.91 Å². The summed E-state index contributed by atoms with van der Waals surface area (Å²) in [5.41, 5.74) is 0.628. The number of hydrogen-bond acceptors (Lipinski definition) is 4. The number of methoxy groups -OCH3 is 1. The van der Waals surface area contributed by atoms with Crippen LogP contribution in [0.4, 0.5) is 5.82 Å². The first kappa shape index (κ1) is 14.4. The van der Waals surface area contributed by atoms with Crippen LogP contribution in [0.5, 0.6) is 0 Å². The van der Waals surface area contributed by atoms with Gasteiger partial charge < -0.3 is 15.0 Å². The normalized spacial score (nSPS) is 10.2. The van der Waals surface area contributed by atoms with Crippen molar-refractivity contribution in [2.45, 2.75) is 13.8 Å². The van der Waals surface area contributed by atoms with Gasteiger partial charge in [0.1, 0.15) is 5.82 Å². The first-order chi connectivity index (χ1) is 8.72. The Kier molecular flexibility index (Phi) is 6.14. The molecule has 0 radical (unpaired) electrons. The fourth-order valence-electron chi connectivity index (χ4n) is 1.65. The molecule has 1 heterocycles. The molecule has 100 valence electrons. The lowest BCUT2D eigenvalue weighted by Gasteiger charge is -2.19. The number of rotatable bonds is 7. The standard InChI is InChI=1S/C13H21N3O2/c1-4-16(5-2)12-10-11(6-7-14-12)13(17)15-8-9-18-3/h6-7,10H,4-5,8-9H2,1-3H3,(H,15,17). The summed E-state index contributed by atoms with van der Waals surface area (Å²) in [6.45, 7) is 6.90. The molecule has 0 aromatic carbocycles. The molecular weight excluding hydrogens is 230 g/mol. The van der Waals surface area contributed by atoms with E-state index in [1.165, 1.54) is 0 Å². The van der Waals surface area contributed by atoms with Gasteiger partial charge in [-0.1, -0.05) is 0 Å². The molecule has 1 aromatic rings. The molecule has 0 saturated heterocycles. The third kappa shape index (κ3) is 4.00. The average molecular weight is 251 g/mol. The van der Waals surface area contributed by atoms with E-state index in [1.54, 1.807) is 19.4 Å². The number of carbonyl (C=O) groups excluding carboxylic acids is 1. The van der Waals surface area contributed by atoms with Crippen LogP contribution in [0.15, 0.2) is 18.3 Å². The number of ether oxygens (including phenoxy) is 1. The largest absolute Gasteiger partial charge is 0.383 e. The highest BCUT2D eigenvalue weighted by atomic mass is 16.5. The molecule has 0 spiro atoms. The Bertz CT molecular complexity index is 378. The molecule has 1 aromatic heterocycles. The van der Waals surface area contributed by atoms with Gasteiger partial charge in [0.15, 0.2) is 0 Å². The van der Waals surface area contributed by atoms with Crippen molar-refractivity contribution in [1.82, 2.24) is 10.3 Å². The van der Waals surface area contributed by atoms with Crippen molar-refractivity contribution in [3.05, 3.63) is 23.9 Å². The molecule has 0 saturated carbocycles. The third-order valence-corrected chi connectivity index (χ3v) is 2.69. The Morgan fingerprint density at radius 2 is 2.17 bits per heavy atom. The summed E-state index contributed by atoms with van der Waals surface area (Å²) in [5, 5.41) is 2.79. The van der Waals surface area contributed by atoms with Gasteiger partial charge in [-0.3, -0.25) is 4.79 Å². The SMILES string of the molecule is CCN(CC)c1cc(C(=O)NCCOC)ccn1. The Hall–Kier alpha value is -1.62. The minimum absolute atomic E-state index is 0.0946. The van der Waals surface area contributed by atoms with Crippen molar-refractivity contribution in [2.24, 2.45) is 0 Å². The van der Waals surface area contributed by atoms with Crippen LogP contribution in [-0.4, -0.2) is 44.2 Å². The average Bonchev–Trinajstić information content (AvgIpc) is 2.41. The summed E-state index contributed by atoms with van der Waals surface area (Å²) in [7, 11) is 1.61. The molecule has 1 N–H and O–H groups in total. The fourth-order valence-corrected chi connectivity index (χ4v) is 1.65. The second kappa shape index (κ2) is 7.66. The van der Waals surface area contributed by atoms with Crippen LogP contribution in [-0.2, 0) is 4.74 Å². The van der Waals surface area contributed by atoms with Gasteiger partial charge in [-0.25, -0.2) is 4.98 Å². The van der Waals surface area contributed by atoms with Crippen LogP contribution in [0.2, 0.25) is 0 Å². The predicted molar refractivity (Wildman–Crippen MR) is 72.0 cm³/mol. The highest BCUT2D eigenvalue weighted by molar-refractivity contribution is 5.94. The van der Waals surface area contributed by atoms with Crippen LogP contribution in [0, 0.1) is 0 Å². The minimum Gasteiger partial charge on any atom is -0.383 e. The van der Waals surface area contributed by atoms with Gasteiger partial charge >= 0.3 is 0 Å². The van der Waals surface area contributed by atoms with Crippen LogP contribution >= 0.6 is 0 Å². The number of aromatic nitrogens is 1. The fraction of sp³-hybridized carbons (Fsp3) is 0.538. The van der Waals surface area contributed by atoms with E-state index in [4.69, 9.17) is 4.74 Å². The van der Waals surface area contributed by atoms with Crippen LogP contribution < -0.4 is 10.2 Å². The number of pyridine rings is 1. The number of anilines is 1. The Labute approximate surface area is 108 Å². The molecule has 5 nitrogen and oxygen atoms in total. The first-order valence-electron chi connectivity index (χ1n) is 6.21. The van der Waals surface area contributed by atoms with Crippen molar-refractivity contribution in [2.75, 3.05) is 38.3 Å². The van der Waals surface area contributed by atoms with Crippen molar-refractivity contribution >= 4 is 11.7 Å². The van der Waals surface area contributed by atoms with E-state index < -0.39 is 0 Å². The number of nitrogens with zero attached hydrogens (tertiary/aromatic N) is 2. The highest BCUT2D eigenvalue weighted by Crippen LogP contribution is 2.12. The van der Waals surface area contributed by atoms with Gasteiger partial charge in [0.2, 0.25) is 0 Å². The zero-order valence-electron chi connectivity index (χ0n) is 11.3. The second-order valence-electron chi connectivity index (χ2n) is 3.82. The lowest BCUT2D eigenvalue weighted by Crippen LogP contribution is -2.28. The first-order valence-corrected chi connectivity index (χ1v) is 6.21. The molecule has 1 amide bonds. The van der Waals surface area contributed by atoms with Crippen LogP contribution in [0.3, 0.4) is 0 Å². The van der Waals surface area contributed by atoms with E-state index in [2.05, 4.69) is 29.0 Å². The van der Waals surface area contributed by atoms with Gasteiger partial charge in [-0.2, -0.15) is 0 Å². The third-order valence-electron chi connectivity index (χ3n) is 2.69. The molecule has 0 fully saturated rings. The highest BCUT2D eigenvalue weighted by Gasteiger charge is 2.09.